The van der Waals surface area contributed by atoms with Crippen LogP contribution in [-0.2, 0) is 6.42 Å². The molecule has 86 valence electrons. The smallest absolute Gasteiger partial charge is 0.138 e. The van der Waals surface area contributed by atoms with E-state index in [1.165, 1.54) is 0 Å². The van der Waals surface area contributed by atoms with Crippen LogP contribution in [0.25, 0.3) is 11.1 Å². The van der Waals surface area contributed by atoms with Crippen LogP contribution in [-0.4, -0.2) is 10.1 Å². The van der Waals surface area contributed by atoms with Crippen molar-refractivity contribution in [1.82, 2.24) is 4.98 Å². The van der Waals surface area contributed by atoms with Crippen molar-refractivity contribution in [2.45, 2.75) is 6.42 Å². The standard InChI is InChI=1S/C14H12FNO/c15-14(10-17)9-11-1-3-12(4-2-11)13-5-7-16-8-6-13/h1-8,10,17H,9H2/b14-10-. The van der Waals surface area contributed by atoms with E-state index in [1.54, 1.807) is 12.4 Å². The van der Waals surface area contributed by atoms with Crippen molar-refractivity contribution in [3.8, 4) is 11.1 Å². The Morgan fingerprint density at radius 2 is 1.65 bits per heavy atom. The number of rotatable bonds is 3. The lowest BCUT2D eigenvalue weighted by Crippen LogP contribution is -1.86. The van der Waals surface area contributed by atoms with Gasteiger partial charge >= 0.3 is 0 Å². The van der Waals surface area contributed by atoms with Crippen LogP contribution in [0.3, 0.4) is 0 Å². The van der Waals surface area contributed by atoms with Gasteiger partial charge in [-0.25, -0.2) is 4.39 Å². The van der Waals surface area contributed by atoms with Gasteiger partial charge in [0, 0.05) is 18.8 Å². The fourth-order valence-electron chi connectivity index (χ4n) is 1.60. The van der Waals surface area contributed by atoms with Crippen LogP contribution in [0.15, 0.2) is 60.9 Å². The molecule has 0 amide bonds. The molecule has 0 radical (unpaired) electrons. The third-order valence-electron chi connectivity index (χ3n) is 2.48. The number of hydrogen-bond acceptors (Lipinski definition) is 2. The summed E-state index contributed by atoms with van der Waals surface area (Å²) in [5.74, 6) is -0.540. The highest BCUT2D eigenvalue weighted by molar-refractivity contribution is 5.62. The predicted octanol–water partition coefficient (Wildman–Crippen LogP) is 3.66. The molecule has 1 N–H and O–H groups in total. The number of hydrogen-bond donors (Lipinski definition) is 1. The first-order valence-corrected chi connectivity index (χ1v) is 5.27. The van der Waals surface area contributed by atoms with E-state index >= 15 is 0 Å². The Kier molecular flexibility index (Phi) is 3.50. The molecule has 3 heteroatoms. The van der Waals surface area contributed by atoms with Crippen molar-refractivity contribution in [2.24, 2.45) is 0 Å². The Labute approximate surface area is 99.1 Å². The van der Waals surface area contributed by atoms with E-state index < -0.39 is 5.83 Å². The second kappa shape index (κ2) is 5.25. The second-order valence-corrected chi connectivity index (χ2v) is 3.69. The van der Waals surface area contributed by atoms with Gasteiger partial charge in [0.05, 0.1) is 0 Å². The second-order valence-electron chi connectivity index (χ2n) is 3.69. The van der Waals surface area contributed by atoms with Crippen molar-refractivity contribution < 1.29 is 9.50 Å². The monoisotopic (exact) mass is 229 g/mol. The molecule has 0 saturated carbocycles. The highest BCUT2D eigenvalue weighted by Gasteiger charge is 2.00. The van der Waals surface area contributed by atoms with Gasteiger partial charge in [0.2, 0.25) is 0 Å². The minimum atomic E-state index is -0.540. The van der Waals surface area contributed by atoms with Crippen molar-refractivity contribution in [3.05, 3.63) is 66.4 Å². The quantitative estimate of drug-likeness (QED) is 0.815. The average Bonchev–Trinajstić information content (AvgIpc) is 2.40. The summed E-state index contributed by atoms with van der Waals surface area (Å²) in [5, 5.41) is 8.48. The molecule has 0 aliphatic heterocycles. The zero-order valence-electron chi connectivity index (χ0n) is 9.18. The van der Waals surface area contributed by atoms with Crippen LogP contribution in [0, 0.1) is 0 Å². The molecular formula is C14H12FNO. The zero-order valence-corrected chi connectivity index (χ0v) is 9.18. The maximum absolute atomic E-state index is 12.8. The minimum Gasteiger partial charge on any atom is -0.513 e. The number of halogens is 1. The van der Waals surface area contributed by atoms with Gasteiger partial charge in [0.25, 0.3) is 0 Å². The third kappa shape index (κ3) is 2.91. The van der Waals surface area contributed by atoms with E-state index in [-0.39, 0.29) is 6.42 Å². The summed E-state index contributed by atoms with van der Waals surface area (Å²) in [7, 11) is 0. The highest BCUT2D eigenvalue weighted by Crippen LogP contribution is 2.19. The highest BCUT2D eigenvalue weighted by atomic mass is 19.1. The van der Waals surface area contributed by atoms with E-state index in [2.05, 4.69) is 4.98 Å². The van der Waals surface area contributed by atoms with Crippen LogP contribution >= 0.6 is 0 Å². The summed E-state index contributed by atoms with van der Waals surface area (Å²) in [6.07, 6.45) is 4.08. The first-order valence-electron chi connectivity index (χ1n) is 5.27. The van der Waals surface area contributed by atoms with Crippen LogP contribution in [0.5, 0.6) is 0 Å². The Balaban J connectivity index is 2.19. The first-order chi connectivity index (χ1) is 8.29. The van der Waals surface area contributed by atoms with Crippen LogP contribution < -0.4 is 0 Å². The summed E-state index contributed by atoms with van der Waals surface area (Å²) >= 11 is 0. The third-order valence-corrected chi connectivity index (χ3v) is 2.48. The number of nitrogens with zero attached hydrogens (tertiary/aromatic N) is 1. The molecule has 0 saturated heterocycles. The van der Waals surface area contributed by atoms with Crippen molar-refractivity contribution in [2.75, 3.05) is 0 Å². The van der Waals surface area contributed by atoms with Gasteiger partial charge in [-0.1, -0.05) is 24.3 Å². The lowest BCUT2D eigenvalue weighted by molar-refractivity contribution is 0.435. The van der Waals surface area contributed by atoms with Gasteiger partial charge in [0.15, 0.2) is 0 Å². The summed E-state index contributed by atoms with van der Waals surface area (Å²) in [4.78, 5) is 3.95. The van der Waals surface area contributed by atoms with Gasteiger partial charge in [0.1, 0.15) is 12.1 Å². The number of pyridine rings is 1. The van der Waals surface area contributed by atoms with Crippen LogP contribution in [0.4, 0.5) is 4.39 Å². The summed E-state index contributed by atoms with van der Waals surface area (Å²) < 4.78 is 12.8. The van der Waals surface area contributed by atoms with E-state index in [9.17, 15) is 4.39 Å². The van der Waals surface area contributed by atoms with Gasteiger partial charge < -0.3 is 5.11 Å². The van der Waals surface area contributed by atoms with Gasteiger partial charge in [-0.15, -0.1) is 0 Å². The van der Waals surface area contributed by atoms with Gasteiger partial charge in [-0.3, -0.25) is 4.98 Å². The number of aromatic nitrogens is 1. The van der Waals surface area contributed by atoms with E-state index in [0.717, 1.165) is 16.7 Å². The lowest BCUT2D eigenvalue weighted by Gasteiger charge is -2.03. The molecule has 17 heavy (non-hydrogen) atoms. The number of aliphatic hydroxyl groups is 1. The molecule has 2 aromatic rings. The molecule has 0 aliphatic rings. The van der Waals surface area contributed by atoms with E-state index in [4.69, 9.17) is 5.11 Å². The van der Waals surface area contributed by atoms with Crippen molar-refractivity contribution >= 4 is 0 Å². The Hall–Kier alpha value is -2.16. The number of benzene rings is 1. The van der Waals surface area contributed by atoms with Crippen LogP contribution in [0.2, 0.25) is 0 Å². The average molecular weight is 229 g/mol. The normalized spacial score (nSPS) is 11.5. The van der Waals surface area contributed by atoms with Gasteiger partial charge in [-0.05, 0) is 28.8 Å². The molecule has 1 aromatic carbocycles. The number of allylic oxidation sites excluding steroid dienone is 1. The molecule has 1 aromatic heterocycles. The molecule has 0 unspecified atom stereocenters. The Bertz CT molecular complexity index is 506. The molecule has 2 rings (SSSR count). The summed E-state index contributed by atoms with van der Waals surface area (Å²) in [6.45, 7) is 0. The molecule has 0 aliphatic carbocycles. The maximum Gasteiger partial charge on any atom is 0.138 e. The number of aliphatic hydroxyl groups excluding tert-OH is 1. The summed E-state index contributed by atoms with van der Waals surface area (Å²) in [5.41, 5.74) is 2.96. The molecule has 0 bridgehead atoms. The van der Waals surface area contributed by atoms with E-state index in [1.807, 2.05) is 36.4 Å². The first kappa shape index (κ1) is 11.3. The lowest BCUT2D eigenvalue weighted by atomic mass is 10.0. The maximum atomic E-state index is 12.8. The topological polar surface area (TPSA) is 33.1 Å². The molecular weight excluding hydrogens is 217 g/mol. The van der Waals surface area contributed by atoms with E-state index in [0.29, 0.717) is 6.26 Å². The molecule has 0 spiro atoms. The molecule has 0 atom stereocenters. The Morgan fingerprint density at radius 3 is 2.24 bits per heavy atom. The molecule has 2 nitrogen and oxygen atoms in total. The predicted molar refractivity (Wildman–Crippen MR) is 65.2 cm³/mol. The zero-order chi connectivity index (χ0) is 12.1. The fraction of sp³-hybridized carbons (Fsp3) is 0.0714. The van der Waals surface area contributed by atoms with Crippen molar-refractivity contribution in [3.63, 3.8) is 0 Å². The summed E-state index contributed by atoms with van der Waals surface area (Å²) in [6, 6.07) is 11.4. The molecule has 0 fully saturated rings. The minimum absolute atomic E-state index is 0.118. The van der Waals surface area contributed by atoms with Crippen LogP contribution in [0.1, 0.15) is 5.56 Å². The Morgan fingerprint density at radius 1 is 1.06 bits per heavy atom. The SMILES string of the molecule is O/C=C(\F)Cc1ccc(-c2ccncc2)cc1. The van der Waals surface area contributed by atoms with Gasteiger partial charge in [-0.2, -0.15) is 0 Å². The fourth-order valence-corrected chi connectivity index (χ4v) is 1.60. The van der Waals surface area contributed by atoms with Crippen molar-refractivity contribution in [1.29, 1.82) is 0 Å². The molecule has 1 heterocycles. The largest absolute Gasteiger partial charge is 0.513 e.